The number of hydrogen-bond donors (Lipinski definition) is 0. The van der Waals surface area contributed by atoms with E-state index >= 15 is 0 Å². The quantitative estimate of drug-likeness (QED) is 0.768. The van der Waals surface area contributed by atoms with Crippen LogP contribution in [0.2, 0.25) is 0 Å². The summed E-state index contributed by atoms with van der Waals surface area (Å²) in [6.07, 6.45) is 10.2. The van der Waals surface area contributed by atoms with E-state index in [0.29, 0.717) is 12.5 Å². The Labute approximate surface area is 121 Å². The number of carbonyl (C=O) groups excluding carboxylic acids is 1. The van der Waals surface area contributed by atoms with Crippen LogP contribution in [0, 0.1) is 0 Å². The highest BCUT2D eigenvalue weighted by atomic mass is 16.5. The van der Waals surface area contributed by atoms with Crippen LogP contribution in [0.25, 0.3) is 0 Å². The first kappa shape index (κ1) is 15.2. The molecular weight excluding hydrogens is 252 g/mol. The molecule has 0 aromatic carbocycles. The predicted molar refractivity (Wildman–Crippen MR) is 78.8 cm³/mol. The maximum absolute atomic E-state index is 12.1. The first-order chi connectivity index (χ1) is 9.74. The summed E-state index contributed by atoms with van der Waals surface area (Å²) < 4.78 is 7.32. The molecule has 1 atom stereocenters. The molecule has 0 bridgehead atoms. The number of nitrogens with zero attached hydrogens (tertiary/aromatic N) is 2. The van der Waals surface area contributed by atoms with E-state index in [1.165, 1.54) is 32.1 Å². The van der Waals surface area contributed by atoms with Gasteiger partial charge in [-0.25, -0.2) is 0 Å². The Morgan fingerprint density at radius 3 is 2.85 bits per heavy atom. The number of carbonyl (C=O) groups is 1. The maximum Gasteiger partial charge on any atom is 0.167 e. The van der Waals surface area contributed by atoms with E-state index < -0.39 is 0 Å². The fourth-order valence-corrected chi connectivity index (χ4v) is 2.99. The predicted octanol–water partition coefficient (Wildman–Crippen LogP) is 3.32. The third-order valence-corrected chi connectivity index (χ3v) is 4.16. The van der Waals surface area contributed by atoms with Crippen molar-refractivity contribution in [3.63, 3.8) is 0 Å². The van der Waals surface area contributed by atoms with Gasteiger partial charge >= 0.3 is 0 Å². The van der Waals surface area contributed by atoms with E-state index in [0.717, 1.165) is 18.5 Å². The first-order valence-electron chi connectivity index (χ1n) is 7.84. The molecule has 0 amide bonds. The number of aromatic nitrogens is 2. The first-order valence-corrected chi connectivity index (χ1v) is 7.84. The summed E-state index contributed by atoms with van der Waals surface area (Å²) in [5.74, 6) is 0.142. The Balaban J connectivity index is 1.93. The van der Waals surface area contributed by atoms with Crippen molar-refractivity contribution in [2.45, 2.75) is 70.4 Å². The molecule has 1 aliphatic carbocycles. The Morgan fingerprint density at radius 2 is 2.20 bits per heavy atom. The second kappa shape index (κ2) is 7.58. The molecule has 1 aliphatic rings. The molecule has 4 nitrogen and oxygen atoms in total. The molecule has 1 saturated carbocycles. The largest absolute Gasteiger partial charge is 0.374 e. The molecule has 1 aromatic rings. The van der Waals surface area contributed by atoms with E-state index in [-0.39, 0.29) is 11.9 Å². The molecule has 1 aromatic heterocycles. The number of ketones is 1. The van der Waals surface area contributed by atoms with Crippen molar-refractivity contribution in [2.75, 3.05) is 7.11 Å². The molecule has 0 radical (unpaired) electrons. The Kier molecular flexibility index (Phi) is 5.77. The van der Waals surface area contributed by atoms with Gasteiger partial charge in [0.1, 0.15) is 6.10 Å². The zero-order chi connectivity index (χ0) is 14.4. The molecule has 112 valence electrons. The van der Waals surface area contributed by atoms with Gasteiger partial charge in [0, 0.05) is 13.3 Å². The van der Waals surface area contributed by atoms with Crippen LogP contribution in [-0.2, 0) is 16.0 Å². The van der Waals surface area contributed by atoms with Crippen LogP contribution in [-0.4, -0.2) is 28.8 Å². The van der Waals surface area contributed by atoms with Gasteiger partial charge in [0.05, 0.1) is 18.2 Å². The molecule has 1 heterocycles. The zero-order valence-corrected chi connectivity index (χ0v) is 12.7. The third kappa shape index (κ3) is 3.92. The molecule has 2 rings (SSSR count). The van der Waals surface area contributed by atoms with Crippen molar-refractivity contribution in [3.8, 4) is 0 Å². The van der Waals surface area contributed by atoms with Crippen molar-refractivity contribution in [3.05, 3.63) is 18.0 Å². The molecular formula is C16H26N2O2. The number of rotatable bonds is 7. The minimum Gasteiger partial charge on any atom is -0.374 e. The zero-order valence-electron chi connectivity index (χ0n) is 12.7. The number of ether oxygens (including phenoxy) is 1. The highest BCUT2D eigenvalue weighted by molar-refractivity contribution is 5.84. The highest BCUT2D eigenvalue weighted by Gasteiger charge is 2.20. The highest BCUT2D eigenvalue weighted by Crippen LogP contribution is 2.27. The molecule has 20 heavy (non-hydrogen) atoms. The smallest absolute Gasteiger partial charge is 0.167 e. The van der Waals surface area contributed by atoms with Gasteiger partial charge in [-0.1, -0.05) is 32.6 Å². The van der Waals surface area contributed by atoms with Gasteiger partial charge in [0.25, 0.3) is 0 Å². The second-order valence-electron chi connectivity index (χ2n) is 5.74. The number of hydrogen-bond acceptors (Lipinski definition) is 3. The summed E-state index contributed by atoms with van der Waals surface area (Å²) in [5.41, 5.74) is 0.874. The van der Waals surface area contributed by atoms with Crippen LogP contribution in [0.3, 0.4) is 0 Å². The van der Waals surface area contributed by atoms with Crippen LogP contribution in [0.15, 0.2) is 12.3 Å². The minimum atomic E-state index is -0.278. The summed E-state index contributed by atoms with van der Waals surface area (Å²) in [6.45, 7) is 2.07. The van der Waals surface area contributed by atoms with Crippen LogP contribution in [0.1, 0.15) is 63.6 Å². The lowest BCUT2D eigenvalue weighted by atomic mass is 9.96. The van der Waals surface area contributed by atoms with Crippen LogP contribution < -0.4 is 0 Å². The molecule has 1 fully saturated rings. The van der Waals surface area contributed by atoms with Crippen LogP contribution in [0.5, 0.6) is 0 Å². The lowest BCUT2D eigenvalue weighted by Gasteiger charge is -2.21. The summed E-state index contributed by atoms with van der Waals surface area (Å²) in [5, 5.41) is 4.59. The normalized spacial score (nSPS) is 18.1. The van der Waals surface area contributed by atoms with Gasteiger partial charge < -0.3 is 4.74 Å². The fraction of sp³-hybridized carbons (Fsp3) is 0.750. The Hall–Kier alpha value is -1.16. The van der Waals surface area contributed by atoms with Gasteiger partial charge in [-0.3, -0.25) is 9.48 Å². The van der Waals surface area contributed by atoms with E-state index in [4.69, 9.17) is 4.74 Å². The summed E-state index contributed by atoms with van der Waals surface area (Å²) >= 11 is 0. The lowest BCUT2D eigenvalue weighted by Crippen LogP contribution is -2.24. The SMILES string of the molecule is CCCC(OC)C(=O)Cc1ccn(C2CCCCC2)n1. The van der Waals surface area contributed by atoms with Gasteiger partial charge in [0.2, 0.25) is 0 Å². The average molecular weight is 278 g/mol. The topological polar surface area (TPSA) is 44.1 Å². The van der Waals surface area contributed by atoms with Crippen molar-refractivity contribution in [1.29, 1.82) is 0 Å². The standard InChI is InChI=1S/C16H26N2O2/c1-3-7-16(20-2)15(19)12-13-10-11-18(17-13)14-8-5-4-6-9-14/h10-11,14,16H,3-9,12H2,1-2H3. The van der Waals surface area contributed by atoms with E-state index in [9.17, 15) is 4.79 Å². The molecule has 4 heteroatoms. The fourth-order valence-electron chi connectivity index (χ4n) is 2.99. The van der Waals surface area contributed by atoms with E-state index in [1.807, 2.05) is 12.3 Å². The van der Waals surface area contributed by atoms with Gasteiger partial charge in [-0.15, -0.1) is 0 Å². The molecule has 0 saturated heterocycles. The van der Waals surface area contributed by atoms with Crippen LogP contribution in [0.4, 0.5) is 0 Å². The van der Waals surface area contributed by atoms with Crippen molar-refractivity contribution >= 4 is 5.78 Å². The lowest BCUT2D eigenvalue weighted by molar-refractivity contribution is -0.128. The molecule has 1 unspecified atom stereocenters. The Morgan fingerprint density at radius 1 is 1.45 bits per heavy atom. The van der Waals surface area contributed by atoms with Crippen molar-refractivity contribution < 1.29 is 9.53 Å². The second-order valence-corrected chi connectivity index (χ2v) is 5.74. The van der Waals surface area contributed by atoms with Crippen LogP contribution >= 0.6 is 0 Å². The molecule has 0 N–H and O–H groups in total. The number of Topliss-reactive ketones (excluding diaryl/α,β-unsaturated/α-hetero) is 1. The maximum atomic E-state index is 12.1. The van der Waals surface area contributed by atoms with Crippen molar-refractivity contribution in [1.82, 2.24) is 9.78 Å². The summed E-state index contributed by atoms with van der Waals surface area (Å²) in [7, 11) is 1.61. The summed E-state index contributed by atoms with van der Waals surface area (Å²) in [4.78, 5) is 12.1. The third-order valence-electron chi connectivity index (χ3n) is 4.16. The average Bonchev–Trinajstić information content (AvgIpc) is 2.94. The number of methoxy groups -OCH3 is 1. The van der Waals surface area contributed by atoms with Gasteiger partial charge in [0.15, 0.2) is 5.78 Å². The van der Waals surface area contributed by atoms with Gasteiger partial charge in [-0.2, -0.15) is 5.10 Å². The van der Waals surface area contributed by atoms with E-state index in [1.54, 1.807) is 7.11 Å². The Bertz CT molecular complexity index is 422. The summed E-state index contributed by atoms with van der Waals surface area (Å²) in [6, 6.07) is 2.51. The van der Waals surface area contributed by atoms with Gasteiger partial charge in [-0.05, 0) is 25.3 Å². The van der Waals surface area contributed by atoms with Crippen molar-refractivity contribution in [2.24, 2.45) is 0 Å². The molecule has 0 aliphatic heterocycles. The monoisotopic (exact) mass is 278 g/mol. The minimum absolute atomic E-state index is 0.142. The van der Waals surface area contributed by atoms with E-state index in [2.05, 4.69) is 16.7 Å². The molecule has 0 spiro atoms.